The summed E-state index contributed by atoms with van der Waals surface area (Å²) in [6.45, 7) is 7.83. The van der Waals surface area contributed by atoms with E-state index >= 15 is 0 Å². The highest BCUT2D eigenvalue weighted by atomic mass is 16.5. The smallest absolute Gasteiger partial charge is 0.341 e. The van der Waals surface area contributed by atoms with Crippen molar-refractivity contribution in [1.29, 1.82) is 0 Å². The van der Waals surface area contributed by atoms with Crippen LogP contribution in [0.1, 0.15) is 5.56 Å². The molecule has 0 amide bonds. The van der Waals surface area contributed by atoms with Crippen LogP contribution in [-0.2, 0) is 4.79 Å². The molecule has 0 radical (unpaired) electrons. The van der Waals surface area contributed by atoms with Gasteiger partial charge in [0.15, 0.2) is 6.61 Å². The minimum absolute atomic E-state index is 0.348. The van der Waals surface area contributed by atoms with Gasteiger partial charge in [-0.1, -0.05) is 18.7 Å². The zero-order chi connectivity index (χ0) is 18.4. The van der Waals surface area contributed by atoms with Crippen molar-refractivity contribution in [2.75, 3.05) is 43.0 Å². The fourth-order valence-electron chi connectivity index (χ4n) is 2.82. The molecular weight excluding hydrogens is 330 g/mol. The Bertz CT molecular complexity index is 751. The van der Waals surface area contributed by atoms with Crippen molar-refractivity contribution in [2.45, 2.75) is 0 Å². The van der Waals surface area contributed by atoms with Gasteiger partial charge in [0.1, 0.15) is 5.75 Å². The zero-order valence-corrected chi connectivity index (χ0v) is 14.6. The second-order valence-electron chi connectivity index (χ2n) is 6.09. The molecule has 0 atom stereocenters. The molecule has 2 aromatic carbocycles. The number of carboxylic acid groups (broad SMARTS) is 1. The van der Waals surface area contributed by atoms with Crippen LogP contribution in [0.25, 0.3) is 5.70 Å². The highest BCUT2D eigenvalue weighted by Crippen LogP contribution is 2.23. The Morgan fingerprint density at radius 2 is 1.77 bits per heavy atom. The fraction of sp³-hybridized carbons (Fsp3) is 0.250. The molecule has 136 valence electrons. The molecule has 1 aliphatic heterocycles. The molecule has 3 N–H and O–H groups in total. The third-order valence-electron chi connectivity index (χ3n) is 4.21. The Labute approximate surface area is 153 Å². The number of ether oxygens (including phenoxy) is 1. The van der Waals surface area contributed by atoms with Gasteiger partial charge in [0, 0.05) is 43.3 Å². The van der Waals surface area contributed by atoms with Crippen molar-refractivity contribution in [3.8, 4) is 5.75 Å². The maximum Gasteiger partial charge on any atom is 0.341 e. The Balaban J connectivity index is 1.58. The summed E-state index contributed by atoms with van der Waals surface area (Å²) in [5.74, 6) is -0.478. The van der Waals surface area contributed by atoms with Crippen LogP contribution in [0.3, 0.4) is 0 Å². The van der Waals surface area contributed by atoms with Crippen LogP contribution >= 0.6 is 0 Å². The van der Waals surface area contributed by atoms with Crippen molar-refractivity contribution < 1.29 is 14.6 Å². The van der Waals surface area contributed by atoms with Crippen LogP contribution in [0.5, 0.6) is 5.75 Å². The second kappa shape index (κ2) is 8.40. The SMILES string of the molecule is C=C(Nc1ccc(OCC(=O)O)cc1)c1ccc(N2CCNCC2)cc1. The monoisotopic (exact) mass is 353 g/mol. The lowest BCUT2D eigenvalue weighted by molar-refractivity contribution is -0.139. The highest BCUT2D eigenvalue weighted by molar-refractivity contribution is 5.76. The number of rotatable bonds is 7. The lowest BCUT2D eigenvalue weighted by atomic mass is 10.1. The summed E-state index contributed by atoms with van der Waals surface area (Å²) in [6.07, 6.45) is 0. The molecule has 0 saturated carbocycles. The Morgan fingerprint density at radius 1 is 1.12 bits per heavy atom. The van der Waals surface area contributed by atoms with Gasteiger partial charge in [-0.2, -0.15) is 0 Å². The molecule has 26 heavy (non-hydrogen) atoms. The van der Waals surface area contributed by atoms with Crippen LogP contribution in [0.4, 0.5) is 11.4 Å². The van der Waals surface area contributed by atoms with E-state index in [1.807, 2.05) is 12.1 Å². The van der Waals surface area contributed by atoms with Crippen molar-refractivity contribution >= 4 is 23.0 Å². The van der Waals surface area contributed by atoms with Gasteiger partial charge >= 0.3 is 5.97 Å². The van der Waals surface area contributed by atoms with E-state index in [1.165, 1.54) is 5.69 Å². The third-order valence-corrected chi connectivity index (χ3v) is 4.21. The van der Waals surface area contributed by atoms with Crippen LogP contribution < -0.4 is 20.3 Å². The number of anilines is 2. The molecule has 6 heteroatoms. The number of nitrogens with zero attached hydrogens (tertiary/aromatic N) is 1. The Kier molecular flexibility index (Phi) is 5.76. The van der Waals surface area contributed by atoms with Crippen molar-refractivity contribution in [1.82, 2.24) is 5.32 Å². The summed E-state index contributed by atoms with van der Waals surface area (Å²) in [4.78, 5) is 12.9. The molecule has 0 aromatic heterocycles. The number of carboxylic acids is 1. The van der Waals surface area contributed by atoms with Crippen LogP contribution in [-0.4, -0.2) is 43.9 Å². The number of hydrogen-bond donors (Lipinski definition) is 3. The number of hydrogen-bond acceptors (Lipinski definition) is 5. The summed E-state index contributed by atoms with van der Waals surface area (Å²) in [6, 6.07) is 15.5. The quantitative estimate of drug-likeness (QED) is 0.711. The van der Waals surface area contributed by atoms with Gasteiger partial charge in [-0.3, -0.25) is 0 Å². The van der Waals surface area contributed by atoms with Crippen molar-refractivity contribution in [2.24, 2.45) is 0 Å². The van der Waals surface area contributed by atoms with Crippen LogP contribution in [0.2, 0.25) is 0 Å². The molecule has 1 aliphatic rings. The molecule has 3 rings (SSSR count). The van der Waals surface area contributed by atoms with E-state index in [0.29, 0.717) is 5.75 Å². The number of aliphatic carboxylic acids is 1. The van der Waals surface area contributed by atoms with E-state index in [-0.39, 0.29) is 6.61 Å². The van der Waals surface area contributed by atoms with Crippen molar-refractivity contribution in [3.63, 3.8) is 0 Å². The number of piperazine rings is 1. The first kappa shape index (κ1) is 17.8. The van der Waals surface area contributed by atoms with E-state index in [9.17, 15) is 4.79 Å². The first-order valence-electron chi connectivity index (χ1n) is 8.58. The zero-order valence-electron chi connectivity index (χ0n) is 14.6. The molecular formula is C20H23N3O3. The predicted octanol–water partition coefficient (Wildman–Crippen LogP) is 2.64. The average Bonchev–Trinajstić information content (AvgIpc) is 2.68. The van der Waals surface area contributed by atoms with Gasteiger partial charge in [0.05, 0.1) is 0 Å². The minimum Gasteiger partial charge on any atom is -0.482 e. The number of carbonyl (C=O) groups is 1. The summed E-state index contributed by atoms with van der Waals surface area (Å²) in [7, 11) is 0. The maximum absolute atomic E-state index is 10.5. The van der Waals surface area contributed by atoms with E-state index in [2.05, 4.69) is 46.4 Å². The fourth-order valence-corrected chi connectivity index (χ4v) is 2.82. The Hall–Kier alpha value is -2.99. The summed E-state index contributed by atoms with van der Waals surface area (Å²) < 4.78 is 5.12. The molecule has 0 unspecified atom stereocenters. The first-order valence-corrected chi connectivity index (χ1v) is 8.58. The molecule has 1 fully saturated rings. The van der Waals surface area contributed by atoms with E-state index < -0.39 is 5.97 Å². The van der Waals surface area contributed by atoms with Gasteiger partial charge < -0.3 is 25.4 Å². The highest BCUT2D eigenvalue weighted by Gasteiger charge is 2.10. The maximum atomic E-state index is 10.5. The lowest BCUT2D eigenvalue weighted by Crippen LogP contribution is -2.43. The number of benzene rings is 2. The molecule has 1 heterocycles. The normalized spacial score (nSPS) is 13.9. The third kappa shape index (κ3) is 4.77. The van der Waals surface area contributed by atoms with E-state index in [0.717, 1.165) is 43.1 Å². The first-order chi connectivity index (χ1) is 12.6. The summed E-state index contributed by atoms with van der Waals surface area (Å²) in [5.41, 5.74) is 3.91. The largest absolute Gasteiger partial charge is 0.482 e. The van der Waals surface area contributed by atoms with Gasteiger partial charge in [-0.15, -0.1) is 0 Å². The average molecular weight is 353 g/mol. The summed E-state index contributed by atoms with van der Waals surface area (Å²) >= 11 is 0. The van der Waals surface area contributed by atoms with E-state index in [4.69, 9.17) is 9.84 Å². The molecule has 2 aromatic rings. The van der Waals surface area contributed by atoms with Crippen LogP contribution in [0, 0.1) is 0 Å². The van der Waals surface area contributed by atoms with Gasteiger partial charge in [0.2, 0.25) is 0 Å². The lowest BCUT2D eigenvalue weighted by Gasteiger charge is -2.29. The molecule has 1 saturated heterocycles. The second-order valence-corrected chi connectivity index (χ2v) is 6.09. The van der Waals surface area contributed by atoms with Gasteiger partial charge in [-0.25, -0.2) is 4.79 Å². The van der Waals surface area contributed by atoms with Crippen LogP contribution in [0.15, 0.2) is 55.1 Å². The number of nitrogens with one attached hydrogen (secondary N) is 2. The van der Waals surface area contributed by atoms with Gasteiger partial charge in [-0.05, 0) is 42.0 Å². The van der Waals surface area contributed by atoms with E-state index in [1.54, 1.807) is 12.1 Å². The summed E-state index contributed by atoms with van der Waals surface area (Å²) in [5, 5.41) is 15.2. The molecule has 0 spiro atoms. The van der Waals surface area contributed by atoms with Gasteiger partial charge in [0.25, 0.3) is 0 Å². The molecule has 6 nitrogen and oxygen atoms in total. The Morgan fingerprint density at radius 3 is 2.38 bits per heavy atom. The molecule has 0 bridgehead atoms. The topological polar surface area (TPSA) is 73.8 Å². The standard InChI is InChI=1S/C20H23N3O3/c1-15(22-17-4-8-19(9-5-17)26-14-20(24)25)16-2-6-18(7-3-16)23-12-10-21-11-13-23/h2-9,21-22H,1,10-14H2,(H,24,25). The van der Waals surface area contributed by atoms with Crippen molar-refractivity contribution in [3.05, 3.63) is 60.7 Å². The minimum atomic E-state index is -0.996. The molecule has 0 aliphatic carbocycles. The predicted molar refractivity (Wildman–Crippen MR) is 104 cm³/mol.